The molecule has 1 fully saturated rings. The minimum atomic E-state index is -0.196. The van der Waals surface area contributed by atoms with E-state index in [9.17, 15) is 9.90 Å². The van der Waals surface area contributed by atoms with Crippen molar-refractivity contribution in [1.82, 2.24) is 9.80 Å². The summed E-state index contributed by atoms with van der Waals surface area (Å²) in [5, 5.41) is 9.90. The van der Waals surface area contributed by atoms with Gasteiger partial charge in [-0.25, -0.2) is 0 Å². The molecule has 1 aromatic rings. The Bertz CT molecular complexity index is 477. The molecule has 1 aromatic carbocycles. The number of hydrogen-bond acceptors (Lipinski definition) is 3. The molecule has 3 unspecified atom stereocenters. The standard InChI is InChI=1S/C18H28N2O2/c1-14(15-8-5-4-6-9-15)20(3)18(22)13-19(2)12-16-10-7-11-17(16)21/h4-6,8-9,14,16-17,21H,7,10-13H2,1-3H3. The van der Waals surface area contributed by atoms with E-state index in [0.29, 0.717) is 12.5 Å². The van der Waals surface area contributed by atoms with Crippen LogP contribution in [0.25, 0.3) is 0 Å². The third kappa shape index (κ3) is 4.31. The van der Waals surface area contributed by atoms with E-state index in [2.05, 4.69) is 0 Å². The fraction of sp³-hybridized carbons (Fsp3) is 0.611. The molecule has 1 amide bonds. The molecule has 0 saturated heterocycles. The van der Waals surface area contributed by atoms with Crippen molar-refractivity contribution >= 4 is 5.91 Å². The zero-order valence-electron chi connectivity index (χ0n) is 13.9. The minimum Gasteiger partial charge on any atom is -0.393 e. The van der Waals surface area contributed by atoms with Gasteiger partial charge in [0.1, 0.15) is 0 Å². The van der Waals surface area contributed by atoms with Crippen LogP contribution in [-0.4, -0.2) is 54.1 Å². The Balaban J connectivity index is 1.85. The van der Waals surface area contributed by atoms with Crippen LogP contribution in [0.5, 0.6) is 0 Å². The van der Waals surface area contributed by atoms with E-state index in [1.54, 1.807) is 4.90 Å². The van der Waals surface area contributed by atoms with Gasteiger partial charge in [-0.2, -0.15) is 0 Å². The zero-order valence-corrected chi connectivity index (χ0v) is 13.9. The van der Waals surface area contributed by atoms with Crippen LogP contribution in [0.4, 0.5) is 0 Å². The molecular weight excluding hydrogens is 276 g/mol. The number of aliphatic hydroxyl groups is 1. The Morgan fingerprint density at radius 3 is 2.55 bits per heavy atom. The second kappa shape index (κ2) is 7.75. The molecule has 122 valence electrons. The number of carbonyl (C=O) groups is 1. The van der Waals surface area contributed by atoms with Crippen molar-refractivity contribution < 1.29 is 9.90 Å². The molecule has 0 aromatic heterocycles. The van der Waals surface area contributed by atoms with E-state index in [1.165, 1.54) is 0 Å². The third-order valence-corrected chi connectivity index (χ3v) is 4.83. The fourth-order valence-corrected chi connectivity index (χ4v) is 3.21. The molecule has 0 bridgehead atoms. The lowest BCUT2D eigenvalue weighted by atomic mass is 10.1. The molecule has 3 atom stereocenters. The summed E-state index contributed by atoms with van der Waals surface area (Å²) in [6, 6.07) is 10.1. The summed E-state index contributed by atoms with van der Waals surface area (Å²) in [4.78, 5) is 16.3. The first-order valence-corrected chi connectivity index (χ1v) is 8.16. The van der Waals surface area contributed by atoms with Gasteiger partial charge >= 0.3 is 0 Å². The maximum atomic E-state index is 12.4. The van der Waals surface area contributed by atoms with E-state index >= 15 is 0 Å². The normalized spacial score (nSPS) is 22.8. The molecule has 0 spiro atoms. The summed E-state index contributed by atoms with van der Waals surface area (Å²) >= 11 is 0. The van der Waals surface area contributed by atoms with E-state index in [-0.39, 0.29) is 18.1 Å². The summed E-state index contributed by atoms with van der Waals surface area (Å²) in [7, 11) is 3.82. The Labute approximate surface area is 133 Å². The van der Waals surface area contributed by atoms with Crippen LogP contribution in [-0.2, 0) is 4.79 Å². The van der Waals surface area contributed by atoms with Gasteiger partial charge in [-0.15, -0.1) is 0 Å². The first-order chi connectivity index (χ1) is 10.5. The van der Waals surface area contributed by atoms with E-state index in [0.717, 1.165) is 31.4 Å². The molecule has 1 aliphatic rings. The average molecular weight is 304 g/mol. The average Bonchev–Trinajstić information content (AvgIpc) is 2.91. The Hall–Kier alpha value is -1.39. The maximum absolute atomic E-state index is 12.4. The number of likely N-dealkylation sites (N-methyl/N-ethyl adjacent to an activating group) is 2. The van der Waals surface area contributed by atoms with Gasteiger partial charge in [-0.05, 0) is 38.3 Å². The van der Waals surface area contributed by atoms with Crippen LogP contribution in [0.15, 0.2) is 30.3 Å². The van der Waals surface area contributed by atoms with Crippen LogP contribution < -0.4 is 0 Å². The lowest BCUT2D eigenvalue weighted by molar-refractivity contribution is -0.133. The largest absolute Gasteiger partial charge is 0.393 e. The molecule has 4 nitrogen and oxygen atoms in total. The Morgan fingerprint density at radius 1 is 1.27 bits per heavy atom. The fourth-order valence-electron chi connectivity index (χ4n) is 3.21. The highest BCUT2D eigenvalue weighted by Gasteiger charge is 2.27. The van der Waals surface area contributed by atoms with Crippen molar-refractivity contribution in [3.05, 3.63) is 35.9 Å². The van der Waals surface area contributed by atoms with E-state index in [4.69, 9.17) is 0 Å². The summed E-state index contributed by atoms with van der Waals surface area (Å²) < 4.78 is 0. The Morgan fingerprint density at radius 2 is 1.95 bits per heavy atom. The molecule has 1 saturated carbocycles. The number of nitrogens with zero attached hydrogens (tertiary/aromatic N) is 2. The van der Waals surface area contributed by atoms with Crippen LogP contribution in [0.2, 0.25) is 0 Å². The maximum Gasteiger partial charge on any atom is 0.236 e. The van der Waals surface area contributed by atoms with Gasteiger partial charge in [-0.3, -0.25) is 9.69 Å². The van der Waals surface area contributed by atoms with Crippen LogP contribution in [0.1, 0.15) is 37.8 Å². The number of rotatable bonds is 6. The highest BCUT2D eigenvalue weighted by molar-refractivity contribution is 5.78. The molecular formula is C18H28N2O2. The first kappa shape index (κ1) is 17.0. The molecule has 4 heteroatoms. The lowest BCUT2D eigenvalue weighted by Gasteiger charge is -2.29. The monoisotopic (exact) mass is 304 g/mol. The molecule has 0 aliphatic heterocycles. The van der Waals surface area contributed by atoms with Gasteiger partial charge in [0.15, 0.2) is 0 Å². The van der Waals surface area contributed by atoms with Gasteiger partial charge in [0.25, 0.3) is 0 Å². The second-order valence-corrected chi connectivity index (χ2v) is 6.55. The van der Waals surface area contributed by atoms with Crippen LogP contribution >= 0.6 is 0 Å². The Kier molecular flexibility index (Phi) is 5.98. The number of hydrogen-bond donors (Lipinski definition) is 1. The third-order valence-electron chi connectivity index (χ3n) is 4.83. The number of amides is 1. The van der Waals surface area contributed by atoms with Crippen molar-refractivity contribution in [3.63, 3.8) is 0 Å². The predicted molar refractivity (Wildman–Crippen MR) is 88.5 cm³/mol. The lowest BCUT2D eigenvalue weighted by Crippen LogP contribution is -2.40. The van der Waals surface area contributed by atoms with Gasteiger partial charge in [0, 0.05) is 13.6 Å². The first-order valence-electron chi connectivity index (χ1n) is 8.16. The predicted octanol–water partition coefficient (Wildman–Crippen LogP) is 2.30. The molecule has 1 aliphatic carbocycles. The summed E-state index contributed by atoms with van der Waals surface area (Å²) in [6.07, 6.45) is 2.87. The van der Waals surface area contributed by atoms with Crippen molar-refractivity contribution in [1.29, 1.82) is 0 Å². The highest BCUT2D eigenvalue weighted by atomic mass is 16.3. The quantitative estimate of drug-likeness (QED) is 0.877. The zero-order chi connectivity index (χ0) is 16.1. The van der Waals surface area contributed by atoms with E-state index < -0.39 is 0 Å². The minimum absolute atomic E-state index is 0.0687. The summed E-state index contributed by atoms with van der Waals surface area (Å²) in [5.74, 6) is 0.431. The van der Waals surface area contributed by atoms with Crippen molar-refractivity contribution in [3.8, 4) is 0 Å². The van der Waals surface area contributed by atoms with Crippen molar-refractivity contribution in [2.75, 3.05) is 27.2 Å². The van der Waals surface area contributed by atoms with Gasteiger partial charge < -0.3 is 10.0 Å². The summed E-state index contributed by atoms with van der Waals surface area (Å²) in [6.45, 7) is 3.24. The second-order valence-electron chi connectivity index (χ2n) is 6.55. The summed E-state index contributed by atoms with van der Waals surface area (Å²) in [5.41, 5.74) is 1.15. The van der Waals surface area contributed by atoms with Gasteiger partial charge in [0.2, 0.25) is 5.91 Å². The molecule has 0 radical (unpaired) electrons. The molecule has 22 heavy (non-hydrogen) atoms. The SMILES string of the molecule is CC(c1ccccc1)N(C)C(=O)CN(C)CC1CCCC1O. The molecule has 0 heterocycles. The smallest absolute Gasteiger partial charge is 0.236 e. The van der Waals surface area contributed by atoms with Crippen molar-refractivity contribution in [2.24, 2.45) is 5.92 Å². The van der Waals surface area contributed by atoms with Gasteiger partial charge in [-0.1, -0.05) is 36.8 Å². The van der Waals surface area contributed by atoms with Crippen LogP contribution in [0, 0.1) is 5.92 Å². The number of benzene rings is 1. The molecule has 1 N–H and O–H groups in total. The number of carbonyl (C=O) groups excluding carboxylic acids is 1. The van der Waals surface area contributed by atoms with E-state index in [1.807, 2.05) is 56.3 Å². The van der Waals surface area contributed by atoms with Crippen molar-refractivity contribution in [2.45, 2.75) is 38.3 Å². The highest BCUT2D eigenvalue weighted by Crippen LogP contribution is 2.26. The van der Waals surface area contributed by atoms with Gasteiger partial charge in [0.05, 0.1) is 18.7 Å². The molecule has 2 rings (SSSR count). The van der Waals surface area contributed by atoms with Crippen LogP contribution in [0.3, 0.4) is 0 Å². The number of aliphatic hydroxyl groups excluding tert-OH is 1. The topological polar surface area (TPSA) is 43.8 Å².